The molecule has 0 spiro atoms. The van der Waals surface area contributed by atoms with Gasteiger partial charge in [0.05, 0.1) is 12.8 Å². The highest BCUT2D eigenvalue weighted by Gasteiger charge is 2.27. The number of rotatable bonds is 9. The molecule has 1 fully saturated rings. The van der Waals surface area contributed by atoms with Gasteiger partial charge in [-0.3, -0.25) is 4.79 Å². The van der Waals surface area contributed by atoms with E-state index in [0.717, 1.165) is 30.4 Å². The van der Waals surface area contributed by atoms with Crippen molar-refractivity contribution in [2.75, 3.05) is 6.61 Å². The summed E-state index contributed by atoms with van der Waals surface area (Å²) in [5.41, 5.74) is 2.04. The minimum Gasteiger partial charge on any atom is -0.491 e. The minimum atomic E-state index is -0.194. The summed E-state index contributed by atoms with van der Waals surface area (Å²) >= 11 is 6.04. The number of ether oxygens (including phenoxy) is 1. The lowest BCUT2D eigenvalue weighted by Gasteiger charge is -2.31. The molecule has 1 aromatic carbocycles. The number of hydrogen-bond donors (Lipinski definition) is 1. The lowest BCUT2D eigenvalue weighted by atomic mass is 9.89. The number of carbonyl (C=O) groups is 1. The van der Waals surface area contributed by atoms with Crippen molar-refractivity contribution in [3.05, 3.63) is 47.2 Å². The first kappa shape index (κ1) is 20.7. The Morgan fingerprint density at radius 2 is 1.82 bits per heavy atom. The van der Waals surface area contributed by atoms with Crippen LogP contribution in [0.1, 0.15) is 63.4 Å². The van der Waals surface area contributed by atoms with Gasteiger partial charge in [-0.25, -0.2) is 4.98 Å². The number of aromatic nitrogens is 1. The molecule has 2 aromatic rings. The van der Waals surface area contributed by atoms with Crippen LogP contribution in [0.5, 0.6) is 5.75 Å². The fourth-order valence-electron chi connectivity index (χ4n) is 3.35. The van der Waals surface area contributed by atoms with E-state index in [2.05, 4.69) is 31.1 Å². The molecule has 0 bridgehead atoms. The maximum absolute atomic E-state index is 12.9. The second-order valence-electron chi connectivity index (χ2n) is 7.62. The van der Waals surface area contributed by atoms with Crippen LogP contribution < -0.4 is 10.1 Å². The predicted molar refractivity (Wildman–Crippen MR) is 114 cm³/mol. The monoisotopic (exact) mass is 400 g/mol. The Bertz CT molecular complexity index is 804. The van der Waals surface area contributed by atoms with Gasteiger partial charge in [-0.05, 0) is 61.8 Å². The van der Waals surface area contributed by atoms with Crippen LogP contribution in [0.15, 0.2) is 36.5 Å². The van der Waals surface area contributed by atoms with Crippen LogP contribution in [0.4, 0.5) is 0 Å². The first-order valence-corrected chi connectivity index (χ1v) is 10.6. The van der Waals surface area contributed by atoms with E-state index in [0.29, 0.717) is 29.0 Å². The molecular weight excluding hydrogens is 372 g/mol. The van der Waals surface area contributed by atoms with Crippen molar-refractivity contribution < 1.29 is 9.53 Å². The quantitative estimate of drug-likeness (QED) is 0.571. The van der Waals surface area contributed by atoms with E-state index >= 15 is 0 Å². The second kappa shape index (κ2) is 8.95. The number of benzene rings is 1. The standard InChI is InChI=1S/C23H29ClN2O2/c1-4-23(5-2,6-3)26-22(27)20-13-19(17-9-11-18(24)12-10-17)21(14-25-20)28-15-16-7-8-16/h9-14,16H,4-8,15H2,1-3H3,(H,26,27). The lowest BCUT2D eigenvalue weighted by molar-refractivity contribution is 0.0883. The number of pyridine rings is 1. The van der Waals surface area contributed by atoms with Gasteiger partial charge in [-0.2, -0.15) is 0 Å². The van der Waals surface area contributed by atoms with Crippen LogP contribution >= 0.6 is 11.6 Å². The van der Waals surface area contributed by atoms with E-state index in [1.807, 2.05) is 30.3 Å². The van der Waals surface area contributed by atoms with Crippen molar-refractivity contribution in [1.82, 2.24) is 10.3 Å². The number of nitrogens with one attached hydrogen (secondary N) is 1. The van der Waals surface area contributed by atoms with Gasteiger partial charge in [-0.1, -0.05) is 44.5 Å². The molecule has 1 aliphatic carbocycles. The number of amides is 1. The summed E-state index contributed by atoms with van der Waals surface area (Å²) < 4.78 is 6.02. The smallest absolute Gasteiger partial charge is 0.270 e. The Kier molecular flexibility index (Phi) is 6.61. The molecule has 1 N–H and O–H groups in total. The highest BCUT2D eigenvalue weighted by molar-refractivity contribution is 6.30. The molecule has 1 aromatic heterocycles. The third-order valence-electron chi connectivity index (χ3n) is 5.84. The van der Waals surface area contributed by atoms with Crippen LogP contribution in [0.25, 0.3) is 11.1 Å². The van der Waals surface area contributed by atoms with E-state index in [1.54, 1.807) is 6.20 Å². The average molecular weight is 401 g/mol. The lowest BCUT2D eigenvalue weighted by Crippen LogP contribution is -2.47. The number of nitrogens with zero attached hydrogens (tertiary/aromatic N) is 1. The molecule has 3 rings (SSSR count). The molecule has 5 heteroatoms. The van der Waals surface area contributed by atoms with Crippen LogP contribution in [-0.2, 0) is 0 Å². The Morgan fingerprint density at radius 1 is 1.18 bits per heavy atom. The third-order valence-corrected chi connectivity index (χ3v) is 6.09. The molecule has 1 amide bonds. The predicted octanol–water partition coefficient (Wildman–Crippen LogP) is 5.89. The van der Waals surface area contributed by atoms with E-state index < -0.39 is 0 Å². The summed E-state index contributed by atoms with van der Waals surface area (Å²) in [6.07, 6.45) is 6.77. The molecule has 28 heavy (non-hydrogen) atoms. The molecule has 1 heterocycles. The largest absolute Gasteiger partial charge is 0.491 e. The normalized spacial score (nSPS) is 14.0. The first-order chi connectivity index (χ1) is 13.5. The van der Waals surface area contributed by atoms with Crippen LogP contribution in [0.2, 0.25) is 5.02 Å². The maximum atomic E-state index is 12.9. The van der Waals surface area contributed by atoms with E-state index in [4.69, 9.17) is 16.3 Å². The Labute approximate surface area is 172 Å². The summed E-state index contributed by atoms with van der Waals surface area (Å²) in [6, 6.07) is 9.40. The molecule has 0 saturated heterocycles. The Balaban J connectivity index is 1.90. The molecule has 0 radical (unpaired) electrons. The van der Waals surface area contributed by atoms with Gasteiger partial charge >= 0.3 is 0 Å². The molecule has 0 unspecified atom stereocenters. The molecule has 150 valence electrons. The van der Waals surface area contributed by atoms with Gasteiger partial charge in [0.1, 0.15) is 11.4 Å². The van der Waals surface area contributed by atoms with Gasteiger partial charge in [0.2, 0.25) is 0 Å². The zero-order chi connectivity index (χ0) is 20.1. The summed E-state index contributed by atoms with van der Waals surface area (Å²) in [5, 5.41) is 3.88. The number of carbonyl (C=O) groups excluding carboxylic acids is 1. The van der Waals surface area contributed by atoms with Crippen LogP contribution in [-0.4, -0.2) is 23.0 Å². The zero-order valence-electron chi connectivity index (χ0n) is 16.9. The van der Waals surface area contributed by atoms with Crippen LogP contribution in [0.3, 0.4) is 0 Å². The average Bonchev–Trinajstić information content (AvgIpc) is 3.55. The summed E-state index contributed by atoms with van der Waals surface area (Å²) in [6.45, 7) is 7.01. The van der Waals surface area contributed by atoms with Crippen molar-refractivity contribution in [3.63, 3.8) is 0 Å². The second-order valence-corrected chi connectivity index (χ2v) is 8.06. The third kappa shape index (κ3) is 4.85. The van der Waals surface area contributed by atoms with E-state index in [-0.39, 0.29) is 11.4 Å². The van der Waals surface area contributed by atoms with Crippen LogP contribution in [0, 0.1) is 5.92 Å². The molecule has 0 aliphatic heterocycles. The van der Waals surface area contributed by atoms with E-state index in [9.17, 15) is 4.79 Å². The van der Waals surface area contributed by atoms with Crippen molar-refractivity contribution in [1.29, 1.82) is 0 Å². The minimum absolute atomic E-state index is 0.144. The SMILES string of the molecule is CCC(CC)(CC)NC(=O)c1cc(-c2ccc(Cl)cc2)c(OCC2CC2)cn1. The van der Waals surface area contributed by atoms with Crippen molar-refractivity contribution >= 4 is 17.5 Å². The van der Waals surface area contributed by atoms with Gasteiger partial charge in [0.15, 0.2) is 0 Å². The highest BCUT2D eigenvalue weighted by Crippen LogP contribution is 2.34. The maximum Gasteiger partial charge on any atom is 0.270 e. The number of halogens is 1. The summed E-state index contributed by atoms with van der Waals surface area (Å²) in [7, 11) is 0. The molecule has 1 saturated carbocycles. The van der Waals surface area contributed by atoms with Gasteiger partial charge in [0.25, 0.3) is 5.91 Å². The summed E-state index contributed by atoms with van der Waals surface area (Å²) in [5.74, 6) is 1.20. The fraction of sp³-hybridized carbons (Fsp3) is 0.478. The first-order valence-electron chi connectivity index (χ1n) is 10.2. The van der Waals surface area contributed by atoms with Gasteiger partial charge in [-0.15, -0.1) is 0 Å². The zero-order valence-corrected chi connectivity index (χ0v) is 17.7. The summed E-state index contributed by atoms with van der Waals surface area (Å²) in [4.78, 5) is 17.3. The van der Waals surface area contributed by atoms with Gasteiger partial charge < -0.3 is 10.1 Å². The molecule has 1 aliphatic rings. The number of hydrogen-bond acceptors (Lipinski definition) is 3. The van der Waals surface area contributed by atoms with E-state index in [1.165, 1.54) is 12.8 Å². The Morgan fingerprint density at radius 3 is 2.39 bits per heavy atom. The Hall–Kier alpha value is -2.07. The topological polar surface area (TPSA) is 51.2 Å². The van der Waals surface area contributed by atoms with Crippen molar-refractivity contribution in [2.24, 2.45) is 5.92 Å². The fourth-order valence-corrected chi connectivity index (χ4v) is 3.48. The molecule has 4 nitrogen and oxygen atoms in total. The van der Waals surface area contributed by atoms with Gasteiger partial charge in [0, 0.05) is 16.1 Å². The van der Waals surface area contributed by atoms with Crippen molar-refractivity contribution in [2.45, 2.75) is 58.4 Å². The molecular formula is C23H29ClN2O2. The molecule has 0 atom stereocenters. The highest BCUT2D eigenvalue weighted by atomic mass is 35.5. The van der Waals surface area contributed by atoms with Crippen molar-refractivity contribution in [3.8, 4) is 16.9 Å².